The molecule has 5 nitrogen and oxygen atoms in total. The Morgan fingerprint density at radius 1 is 1.12 bits per heavy atom. The molecule has 1 N–H and O–H groups in total. The summed E-state index contributed by atoms with van der Waals surface area (Å²) in [5.74, 6) is 1.58. The Morgan fingerprint density at radius 2 is 1.88 bits per heavy atom. The van der Waals surface area contributed by atoms with Gasteiger partial charge in [-0.15, -0.1) is 0 Å². The number of fused-ring (bicyclic) bond motifs is 1. The number of nitrogens with zero attached hydrogens (tertiary/aromatic N) is 3. The summed E-state index contributed by atoms with van der Waals surface area (Å²) >= 11 is 9.87. The zero-order chi connectivity index (χ0) is 18.1. The van der Waals surface area contributed by atoms with Gasteiger partial charge in [-0.1, -0.05) is 29.8 Å². The molecule has 2 aromatic carbocycles. The van der Waals surface area contributed by atoms with E-state index in [0.717, 1.165) is 33.0 Å². The smallest absolute Gasteiger partial charge is 0.172 e. The molecule has 0 aliphatic heterocycles. The van der Waals surface area contributed by atoms with Crippen molar-refractivity contribution in [3.63, 3.8) is 0 Å². The standard InChI is InChI=1S/C19H14BrClN4O/c1-26-13-8-6-12(7-9-13)23-18-10-17(14-4-2-3-5-16(14)21)24-19-15(20)11-22-25(18)19/h2-11,23H,1H3. The highest BCUT2D eigenvalue weighted by Gasteiger charge is 2.13. The molecule has 0 spiro atoms. The fourth-order valence-electron chi connectivity index (χ4n) is 2.65. The summed E-state index contributed by atoms with van der Waals surface area (Å²) in [5.41, 5.74) is 3.25. The van der Waals surface area contributed by atoms with Crippen LogP contribution >= 0.6 is 27.5 Å². The minimum Gasteiger partial charge on any atom is -0.497 e. The number of rotatable bonds is 4. The van der Waals surface area contributed by atoms with Gasteiger partial charge >= 0.3 is 0 Å². The van der Waals surface area contributed by atoms with Crippen LogP contribution in [0.3, 0.4) is 0 Å². The van der Waals surface area contributed by atoms with E-state index in [2.05, 4.69) is 26.3 Å². The number of methoxy groups -OCH3 is 1. The topological polar surface area (TPSA) is 51.5 Å². The van der Waals surface area contributed by atoms with Gasteiger partial charge in [0.15, 0.2) is 5.65 Å². The van der Waals surface area contributed by atoms with Crippen LogP contribution < -0.4 is 10.1 Å². The lowest BCUT2D eigenvalue weighted by Gasteiger charge is -2.12. The fourth-order valence-corrected chi connectivity index (χ4v) is 3.24. The summed E-state index contributed by atoms with van der Waals surface area (Å²) in [4.78, 5) is 4.70. The predicted molar refractivity (Wildman–Crippen MR) is 107 cm³/mol. The molecule has 0 aliphatic carbocycles. The molecule has 0 saturated heterocycles. The Labute approximate surface area is 163 Å². The van der Waals surface area contributed by atoms with Crippen LogP contribution in [-0.4, -0.2) is 21.7 Å². The number of aromatic nitrogens is 3. The second-order valence-electron chi connectivity index (χ2n) is 5.59. The number of ether oxygens (including phenoxy) is 1. The third kappa shape index (κ3) is 3.13. The van der Waals surface area contributed by atoms with Crippen molar-refractivity contribution in [2.45, 2.75) is 0 Å². The van der Waals surface area contributed by atoms with E-state index < -0.39 is 0 Å². The van der Waals surface area contributed by atoms with Gasteiger partial charge in [-0.3, -0.25) is 0 Å². The average molecular weight is 430 g/mol. The highest BCUT2D eigenvalue weighted by atomic mass is 79.9. The molecule has 0 fully saturated rings. The van der Waals surface area contributed by atoms with Crippen molar-refractivity contribution < 1.29 is 4.74 Å². The molecule has 26 heavy (non-hydrogen) atoms. The van der Waals surface area contributed by atoms with Crippen LogP contribution in [0.4, 0.5) is 11.5 Å². The third-order valence-electron chi connectivity index (χ3n) is 3.94. The van der Waals surface area contributed by atoms with E-state index in [1.807, 2.05) is 54.6 Å². The first-order valence-electron chi connectivity index (χ1n) is 7.86. The van der Waals surface area contributed by atoms with Gasteiger partial charge < -0.3 is 10.1 Å². The largest absolute Gasteiger partial charge is 0.497 e. The molecule has 0 bridgehead atoms. The first-order valence-corrected chi connectivity index (χ1v) is 9.03. The highest BCUT2D eigenvalue weighted by molar-refractivity contribution is 9.10. The van der Waals surface area contributed by atoms with Gasteiger partial charge in [0.05, 0.1) is 23.5 Å². The lowest BCUT2D eigenvalue weighted by atomic mass is 10.1. The lowest BCUT2D eigenvalue weighted by molar-refractivity contribution is 0.415. The molecular formula is C19H14BrClN4O. The number of benzene rings is 2. The molecule has 0 amide bonds. The van der Waals surface area contributed by atoms with Gasteiger partial charge in [-0.25, -0.2) is 4.98 Å². The van der Waals surface area contributed by atoms with Gasteiger partial charge in [0, 0.05) is 22.3 Å². The minimum absolute atomic E-state index is 0.649. The van der Waals surface area contributed by atoms with Crippen molar-refractivity contribution in [2.24, 2.45) is 0 Å². The number of halogens is 2. The minimum atomic E-state index is 0.649. The predicted octanol–water partition coefficient (Wildman–Crippen LogP) is 5.56. The second-order valence-corrected chi connectivity index (χ2v) is 6.85. The molecule has 2 aromatic heterocycles. The zero-order valence-corrected chi connectivity index (χ0v) is 16.1. The molecule has 0 atom stereocenters. The summed E-state index contributed by atoms with van der Waals surface area (Å²) in [7, 11) is 1.64. The van der Waals surface area contributed by atoms with Crippen molar-refractivity contribution in [2.75, 3.05) is 12.4 Å². The molecule has 4 aromatic rings. The van der Waals surface area contributed by atoms with Crippen LogP contribution in [0.1, 0.15) is 0 Å². The summed E-state index contributed by atoms with van der Waals surface area (Å²) in [6.07, 6.45) is 1.72. The fraction of sp³-hybridized carbons (Fsp3) is 0.0526. The molecule has 0 unspecified atom stereocenters. The Morgan fingerprint density at radius 3 is 2.62 bits per heavy atom. The quantitative estimate of drug-likeness (QED) is 0.461. The average Bonchev–Trinajstić information content (AvgIpc) is 3.04. The normalized spacial score (nSPS) is 10.9. The Hall–Kier alpha value is -2.57. The number of hydrogen-bond donors (Lipinski definition) is 1. The van der Waals surface area contributed by atoms with Crippen molar-refractivity contribution in [3.05, 3.63) is 70.3 Å². The van der Waals surface area contributed by atoms with Crippen molar-refractivity contribution in [3.8, 4) is 17.0 Å². The molecule has 7 heteroatoms. The SMILES string of the molecule is COc1ccc(Nc2cc(-c3ccccc3Cl)nc3c(Br)cnn23)cc1. The highest BCUT2D eigenvalue weighted by Crippen LogP contribution is 2.31. The van der Waals surface area contributed by atoms with Crippen LogP contribution in [0.2, 0.25) is 5.02 Å². The molecule has 0 aliphatic rings. The maximum Gasteiger partial charge on any atom is 0.172 e. The number of hydrogen-bond acceptors (Lipinski definition) is 4. The van der Waals surface area contributed by atoms with Crippen LogP contribution in [-0.2, 0) is 0 Å². The molecule has 0 radical (unpaired) electrons. The summed E-state index contributed by atoms with van der Waals surface area (Å²) in [6, 6.07) is 17.2. The third-order valence-corrected chi connectivity index (χ3v) is 4.83. The van der Waals surface area contributed by atoms with Crippen LogP contribution in [0.25, 0.3) is 16.9 Å². The van der Waals surface area contributed by atoms with E-state index in [-0.39, 0.29) is 0 Å². The maximum absolute atomic E-state index is 6.36. The molecular weight excluding hydrogens is 416 g/mol. The van der Waals surface area contributed by atoms with E-state index in [4.69, 9.17) is 21.3 Å². The van der Waals surface area contributed by atoms with Gasteiger partial charge in [0.2, 0.25) is 0 Å². The molecule has 2 heterocycles. The summed E-state index contributed by atoms with van der Waals surface area (Å²) in [6.45, 7) is 0. The molecule has 130 valence electrons. The first-order chi connectivity index (χ1) is 12.7. The Balaban J connectivity index is 1.83. The summed E-state index contributed by atoms with van der Waals surface area (Å²) in [5, 5.41) is 8.42. The van der Waals surface area contributed by atoms with Crippen molar-refractivity contribution in [1.29, 1.82) is 0 Å². The van der Waals surface area contributed by atoms with Crippen LogP contribution in [0.5, 0.6) is 5.75 Å². The van der Waals surface area contributed by atoms with E-state index >= 15 is 0 Å². The van der Waals surface area contributed by atoms with E-state index in [1.165, 1.54) is 0 Å². The Bertz CT molecular complexity index is 1080. The Kier molecular flexibility index (Phi) is 4.53. The monoisotopic (exact) mass is 428 g/mol. The van der Waals surface area contributed by atoms with Crippen molar-refractivity contribution in [1.82, 2.24) is 14.6 Å². The first kappa shape index (κ1) is 16.9. The van der Waals surface area contributed by atoms with Crippen LogP contribution in [0, 0.1) is 0 Å². The number of anilines is 2. The zero-order valence-electron chi connectivity index (χ0n) is 13.8. The van der Waals surface area contributed by atoms with E-state index in [1.54, 1.807) is 17.8 Å². The molecule has 4 rings (SSSR count). The van der Waals surface area contributed by atoms with Gasteiger partial charge in [-0.05, 0) is 46.3 Å². The van der Waals surface area contributed by atoms with Gasteiger partial charge in [0.25, 0.3) is 0 Å². The second kappa shape index (κ2) is 6.97. The van der Waals surface area contributed by atoms with Crippen LogP contribution in [0.15, 0.2) is 65.3 Å². The lowest BCUT2D eigenvalue weighted by Crippen LogP contribution is -2.02. The van der Waals surface area contributed by atoms with Gasteiger partial charge in [0.1, 0.15) is 11.6 Å². The molecule has 0 saturated carbocycles. The van der Waals surface area contributed by atoms with E-state index in [9.17, 15) is 0 Å². The summed E-state index contributed by atoms with van der Waals surface area (Å²) < 4.78 is 7.76. The maximum atomic E-state index is 6.36. The number of nitrogens with one attached hydrogen (secondary N) is 1. The van der Waals surface area contributed by atoms with Crippen molar-refractivity contribution >= 4 is 44.7 Å². The van der Waals surface area contributed by atoms with Gasteiger partial charge in [-0.2, -0.15) is 9.61 Å². The van der Waals surface area contributed by atoms with E-state index in [0.29, 0.717) is 10.7 Å².